The van der Waals surface area contributed by atoms with Gasteiger partial charge < -0.3 is 0 Å². The van der Waals surface area contributed by atoms with Crippen molar-refractivity contribution in [1.29, 1.82) is 0 Å². The number of halogens is 1. The van der Waals surface area contributed by atoms with Crippen LogP contribution in [0.15, 0.2) is 18.3 Å². The van der Waals surface area contributed by atoms with Crippen LogP contribution in [0.5, 0.6) is 0 Å². The maximum absolute atomic E-state index is 12.9. The summed E-state index contributed by atoms with van der Waals surface area (Å²) in [7, 11) is 0. The molecule has 0 bridgehead atoms. The number of hydrogen-bond donors (Lipinski definition) is 0. The van der Waals surface area contributed by atoms with Gasteiger partial charge in [-0.15, -0.1) is 0 Å². The van der Waals surface area contributed by atoms with Crippen molar-refractivity contribution in [3.05, 3.63) is 29.8 Å². The Hall–Kier alpha value is -1.33. The molecule has 1 fully saturated rings. The molecule has 1 saturated heterocycles. The molecule has 2 atom stereocenters. The summed E-state index contributed by atoms with van der Waals surface area (Å²) in [6.45, 7) is 11.2. The Morgan fingerprint density at radius 1 is 1.48 bits per heavy atom. The number of nitrogens with zero attached hydrogens (tertiary/aromatic N) is 3. The first-order chi connectivity index (χ1) is 10.0. The van der Waals surface area contributed by atoms with E-state index in [1.165, 1.54) is 12.1 Å². The zero-order valence-electron chi connectivity index (χ0n) is 13.1. The van der Waals surface area contributed by atoms with Crippen LogP contribution in [0.3, 0.4) is 0 Å². The van der Waals surface area contributed by atoms with Crippen molar-refractivity contribution in [3.63, 3.8) is 0 Å². The Bertz CT molecular complexity index is 477. The van der Waals surface area contributed by atoms with E-state index in [1.807, 2.05) is 6.92 Å². The van der Waals surface area contributed by atoms with E-state index >= 15 is 0 Å². The van der Waals surface area contributed by atoms with Gasteiger partial charge in [-0.3, -0.25) is 19.6 Å². The number of aromatic nitrogens is 1. The molecular weight excluding hydrogens is 269 g/mol. The number of piperazine rings is 1. The van der Waals surface area contributed by atoms with E-state index in [0.29, 0.717) is 11.7 Å². The number of ketones is 1. The summed E-state index contributed by atoms with van der Waals surface area (Å²) in [5.74, 6) is -0.548. The van der Waals surface area contributed by atoms with Gasteiger partial charge in [-0.1, -0.05) is 13.8 Å². The number of Topliss-reactive ketones (excluding diaryl/α,β-unsaturated/α-hetero) is 1. The number of carbonyl (C=O) groups is 1. The Morgan fingerprint density at radius 3 is 2.81 bits per heavy atom. The maximum Gasteiger partial charge on any atom is 0.185 e. The first-order valence-electron chi connectivity index (χ1n) is 7.63. The Balaban J connectivity index is 1.91. The van der Waals surface area contributed by atoms with Gasteiger partial charge in [0.2, 0.25) is 0 Å². The third kappa shape index (κ3) is 4.08. The topological polar surface area (TPSA) is 36.4 Å². The second kappa shape index (κ2) is 7.09. The molecule has 1 aliphatic rings. The van der Waals surface area contributed by atoms with Crippen LogP contribution >= 0.6 is 0 Å². The van der Waals surface area contributed by atoms with E-state index < -0.39 is 5.82 Å². The summed E-state index contributed by atoms with van der Waals surface area (Å²) in [5, 5.41) is 0. The van der Waals surface area contributed by atoms with Crippen LogP contribution in [0.25, 0.3) is 0 Å². The van der Waals surface area contributed by atoms with Gasteiger partial charge in [0, 0.05) is 38.1 Å². The van der Waals surface area contributed by atoms with Gasteiger partial charge >= 0.3 is 0 Å². The average molecular weight is 293 g/mol. The minimum atomic E-state index is -0.413. The summed E-state index contributed by atoms with van der Waals surface area (Å²) >= 11 is 0. The molecule has 0 aliphatic carbocycles. The number of rotatable bonds is 5. The molecule has 4 nitrogen and oxygen atoms in total. The third-order valence-electron chi connectivity index (χ3n) is 4.21. The fourth-order valence-electron chi connectivity index (χ4n) is 2.95. The van der Waals surface area contributed by atoms with Crippen LogP contribution < -0.4 is 0 Å². The monoisotopic (exact) mass is 293 g/mol. The van der Waals surface area contributed by atoms with Crippen molar-refractivity contribution in [2.75, 3.05) is 32.7 Å². The summed E-state index contributed by atoms with van der Waals surface area (Å²) in [4.78, 5) is 21.0. The fourth-order valence-corrected chi connectivity index (χ4v) is 2.95. The molecule has 0 amide bonds. The lowest BCUT2D eigenvalue weighted by Gasteiger charge is -2.40. The number of likely N-dealkylation sites (N-methyl/N-ethyl adjacent to an activating group) is 1. The number of hydrogen-bond acceptors (Lipinski definition) is 4. The molecule has 2 heterocycles. The van der Waals surface area contributed by atoms with Gasteiger partial charge in [-0.2, -0.15) is 0 Å². The highest BCUT2D eigenvalue weighted by Gasteiger charge is 2.25. The van der Waals surface area contributed by atoms with Crippen LogP contribution in [-0.2, 0) is 0 Å². The van der Waals surface area contributed by atoms with Crippen LogP contribution in [0.2, 0.25) is 0 Å². The molecule has 0 saturated carbocycles. The summed E-state index contributed by atoms with van der Waals surface area (Å²) in [5.41, 5.74) is 0.351. The zero-order valence-corrected chi connectivity index (χ0v) is 13.1. The van der Waals surface area contributed by atoms with Crippen molar-refractivity contribution in [3.8, 4) is 0 Å². The van der Waals surface area contributed by atoms with Crippen molar-refractivity contribution >= 4 is 5.78 Å². The lowest BCUT2D eigenvalue weighted by molar-refractivity contribution is 0.0690. The van der Waals surface area contributed by atoms with Crippen molar-refractivity contribution in [2.45, 2.75) is 26.8 Å². The Kier molecular flexibility index (Phi) is 5.42. The van der Waals surface area contributed by atoms with Gasteiger partial charge in [0.15, 0.2) is 5.78 Å². The average Bonchev–Trinajstić information content (AvgIpc) is 2.47. The Morgan fingerprint density at radius 2 is 2.24 bits per heavy atom. The van der Waals surface area contributed by atoms with Gasteiger partial charge in [-0.05, 0) is 25.6 Å². The normalized spacial score (nSPS) is 22.2. The first kappa shape index (κ1) is 16.0. The van der Waals surface area contributed by atoms with E-state index in [0.717, 1.165) is 38.9 Å². The highest BCUT2D eigenvalue weighted by molar-refractivity contribution is 5.95. The predicted octanol–water partition coefficient (Wildman–Crippen LogP) is 2.07. The molecule has 2 rings (SSSR count). The second-order valence-electron chi connectivity index (χ2n) is 5.86. The lowest BCUT2D eigenvalue weighted by Crippen LogP contribution is -2.52. The molecular formula is C16H24FN3O. The molecule has 116 valence electrons. The SMILES string of the molecule is CCN1CCN(CC(C)C(=O)c2ccc(F)cn2)CC1C. The summed E-state index contributed by atoms with van der Waals surface area (Å²) in [6, 6.07) is 3.27. The highest BCUT2D eigenvalue weighted by Crippen LogP contribution is 2.13. The standard InChI is InChI=1S/C16H24FN3O/c1-4-20-8-7-19(11-13(20)3)10-12(2)16(21)15-6-5-14(17)9-18-15/h5-6,9,12-13H,4,7-8,10-11H2,1-3H3. The lowest BCUT2D eigenvalue weighted by atomic mass is 10.0. The molecule has 2 unspecified atom stereocenters. The number of carbonyl (C=O) groups excluding carboxylic acids is 1. The summed E-state index contributed by atoms with van der Waals surface area (Å²) < 4.78 is 12.9. The molecule has 0 radical (unpaired) electrons. The van der Waals surface area contributed by atoms with Crippen LogP contribution in [0.1, 0.15) is 31.3 Å². The molecule has 21 heavy (non-hydrogen) atoms. The fraction of sp³-hybridized carbons (Fsp3) is 0.625. The Labute approximate surface area is 126 Å². The smallest absolute Gasteiger partial charge is 0.185 e. The minimum absolute atomic E-state index is 0.0134. The van der Waals surface area contributed by atoms with Gasteiger partial charge in [0.05, 0.1) is 6.20 Å². The van der Waals surface area contributed by atoms with E-state index in [1.54, 1.807) is 0 Å². The first-order valence-corrected chi connectivity index (χ1v) is 7.63. The molecule has 1 aromatic rings. The largest absolute Gasteiger partial charge is 0.300 e. The molecule has 1 aromatic heterocycles. The molecule has 0 N–H and O–H groups in total. The minimum Gasteiger partial charge on any atom is -0.300 e. The summed E-state index contributed by atoms with van der Waals surface area (Å²) in [6.07, 6.45) is 1.10. The van der Waals surface area contributed by atoms with E-state index in [-0.39, 0.29) is 11.7 Å². The third-order valence-corrected chi connectivity index (χ3v) is 4.21. The van der Waals surface area contributed by atoms with Gasteiger partial charge in [0.25, 0.3) is 0 Å². The van der Waals surface area contributed by atoms with Crippen LogP contribution in [-0.4, -0.2) is 59.3 Å². The van der Waals surface area contributed by atoms with Crippen molar-refractivity contribution in [1.82, 2.24) is 14.8 Å². The second-order valence-corrected chi connectivity index (χ2v) is 5.86. The van der Waals surface area contributed by atoms with Gasteiger partial charge in [-0.25, -0.2) is 4.39 Å². The molecule has 1 aliphatic heterocycles. The van der Waals surface area contributed by atoms with Gasteiger partial charge in [0.1, 0.15) is 11.5 Å². The quantitative estimate of drug-likeness (QED) is 0.779. The highest BCUT2D eigenvalue weighted by atomic mass is 19.1. The van der Waals surface area contributed by atoms with Crippen LogP contribution in [0, 0.1) is 11.7 Å². The van der Waals surface area contributed by atoms with Crippen molar-refractivity contribution < 1.29 is 9.18 Å². The molecule has 0 spiro atoms. The zero-order chi connectivity index (χ0) is 15.4. The molecule has 5 heteroatoms. The van der Waals surface area contributed by atoms with E-state index in [9.17, 15) is 9.18 Å². The van der Waals surface area contributed by atoms with E-state index in [2.05, 4.69) is 28.6 Å². The van der Waals surface area contributed by atoms with E-state index in [4.69, 9.17) is 0 Å². The predicted molar refractivity (Wildman–Crippen MR) is 80.8 cm³/mol. The van der Waals surface area contributed by atoms with Crippen molar-refractivity contribution in [2.24, 2.45) is 5.92 Å². The molecule has 0 aromatic carbocycles. The maximum atomic E-state index is 12.9. The van der Waals surface area contributed by atoms with Crippen LogP contribution in [0.4, 0.5) is 4.39 Å². The number of pyridine rings is 1.